The van der Waals surface area contributed by atoms with E-state index in [4.69, 9.17) is 11.6 Å². The third-order valence-corrected chi connectivity index (χ3v) is 5.10. The third kappa shape index (κ3) is 4.09. The molecule has 0 atom stereocenters. The van der Waals surface area contributed by atoms with Crippen LogP contribution in [0, 0.1) is 0 Å². The molecule has 1 aliphatic heterocycles. The minimum absolute atomic E-state index is 0.191. The van der Waals surface area contributed by atoms with E-state index < -0.39 is 11.7 Å². The first kappa shape index (κ1) is 20.1. The van der Waals surface area contributed by atoms with Crippen molar-refractivity contribution in [3.05, 3.63) is 65.1 Å². The number of hydrogen-bond acceptors (Lipinski definition) is 5. The fraction of sp³-hybridized carbons (Fsp3) is 0.263. The van der Waals surface area contributed by atoms with Gasteiger partial charge in [-0.3, -0.25) is 4.79 Å². The summed E-state index contributed by atoms with van der Waals surface area (Å²) >= 11 is 6.15. The van der Waals surface area contributed by atoms with Gasteiger partial charge in [-0.15, -0.1) is 5.10 Å². The van der Waals surface area contributed by atoms with Crippen LogP contribution in [0.25, 0.3) is 5.69 Å². The van der Waals surface area contributed by atoms with E-state index >= 15 is 0 Å². The molecule has 0 N–H and O–H groups in total. The molecule has 0 unspecified atom stereocenters. The average Bonchev–Trinajstić information content (AvgIpc) is 3.23. The maximum Gasteiger partial charge on any atom is 0.417 e. The highest BCUT2D eigenvalue weighted by Crippen LogP contribution is 2.29. The van der Waals surface area contributed by atoms with Crippen LogP contribution in [0.15, 0.2) is 48.8 Å². The fourth-order valence-electron chi connectivity index (χ4n) is 3.16. The minimum atomic E-state index is -4.42. The Morgan fingerprint density at radius 2 is 1.77 bits per heavy atom. The highest BCUT2D eigenvalue weighted by atomic mass is 35.5. The van der Waals surface area contributed by atoms with E-state index in [1.807, 2.05) is 4.90 Å². The molecular weight excluding hydrogens is 421 g/mol. The molecule has 30 heavy (non-hydrogen) atoms. The molecule has 7 nitrogen and oxygen atoms in total. The van der Waals surface area contributed by atoms with E-state index in [9.17, 15) is 18.0 Å². The first-order valence-corrected chi connectivity index (χ1v) is 9.45. The van der Waals surface area contributed by atoms with Crippen molar-refractivity contribution in [2.75, 3.05) is 31.1 Å². The Morgan fingerprint density at radius 1 is 1.03 bits per heavy atom. The summed E-state index contributed by atoms with van der Waals surface area (Å²) in [5.41, 5.74) is 0.0154. The van der Waals surface area contributed by atoms with Crippen molar-refractivity contribution in [1.29, 1.82) is 0 Å². The summed E-state index contributed by atoms with van der Waals surface area (Å²) in [6.45, 7) is 1.67. The van der Waals surface area contributed by atoms with E-state index in [2.05, 4.69) is 15.3 Å². The van der Waals surface area contributed by atoms with Gasteiger partial charge in [-0.1, -0.05) is 28.9 Å². The Kier molecular flexibility index (Phi) is 5.33. The lowest BCUT2D eigenvalue weighted by atomic mass is 10.2. The number of para-hydroxylation sites is 1. The molecule has 0 bridgehead atoms. The molecule has 0 radical (unpaired) electrons. The summed E-state index contributed by atoms with van der Waals surface area (Å²) in [5, 5.41) is 8.41. The maximum atomic E-state index is 12.7. The first-order chi connectivity index (χ1) is 14.3. The number of pyridine rings is 1. The zero-order valence-corrected chi connectivity index (χ0v) is 16.3. The standard InChI is InChI=1S/C19H16ClF3N6O/c20-14-3-1-2-4-16(14)29-12-15(25-26-29)18(30)28-9-7-27(8-10-28)17-6-5-13(11-24-17)19(21,22)23/h1-6,11-12H,7-10H2. The van der Waals surface area contributed by atoms with Crippen molar-refractivity contribution >= 4 is 23.3 Å². The molecule has 0 spiro atoms. The number of hydrogen-bond donors (Lipinski definition) is 0. The van der Waals surface area contributed by atoms with E-state index in [0.29, 0.717) is 42.7 Å². The van der Waals surface area contributed by atoms with Gasteiger partial charge in [0.1, 0.15) is 5.82 Å². The quantitative estimate of drug-likeness (QED) is 0.630. The molecule has 1 fully saturated rings. The highest BCUT2D eigenvalue weighted by molar-refractivity contribution is 6.32. The number of carbonyl (C=O) groups is 1. The predicted octanol–water partition coefficient (Wildman–Crippen LogP) is 3.30. The molecule has 1 aromatic carbocycles. The zero-order valence-electron chi connectivity index (χ0n) is 15.6. The van der Waals surface area contributed by atoms with Gasteiger partial charge in [0, 0.05) is 32.4 Å². The van der Waals surface area contributed by atoms with E-state index in [0.717, 1.165) is 12.3 Å². The summed E-state index contributed by atoms with van der Waals surface area (Å²) in [6, 6.07) is 9.43. The summed E-state index contributed by atoms with van der Waals surface area (Å²) < 4.78 is 39.5. The number of benzene rings is 1. The van der Waals surface area contributed by atoms with Crippen molar-refractivity contribution < 1.29 is 18.0 Å². The highest BCUT2D eigenvalue weighted by Gasteiger charge is 2.31. The number of rotatable bonds is 3. The number of aromatic nitrogens is 4. The van der Waals surface area contributed by atoms with Gasteiger partial charge in [-0.25, -0.2) is 9.67 Å². The monoisotopic (exact) mass is 436 g/mol. The van der Waals surface area contributed by atoms with Crippen LogP contribution < -0.4 is 4.90 Å². The number of carbonyl (C=O) groups excluding carboxylic acids is 1. The molecule has 1 amide bonds. The normalized spacial score (nSPS) is 14.8. The van der Waals surface area contributed by atoms with Crippen molar-refractivity contribution in [2.45, 2.75) is 6.18 Å². The number of amides is 1. The summed E-state index contributed by atoms with van der Waals surface area (Å²) in [4.78, 5) is 20.1. The molecule has 1 saturated heterocycles. The molecule has 2 aromatic heterocycles. The molecule has 11 heteroatoms. The molecule has 156 valence electrons. The lowest BCUT2D eigenvalue weighted by Crippen LogP contribution is -2.49. The van der Waals surface area contributed by atoms with Crippen LogP contribution in [0.5, 0.6) is 0 Å². The Hall–Kier alpha value is -3.14. The Labute approximate surface area is 174 Å². The number of anilines is 1. The second kappa shape index (κ2) is 7.94. The maximum absolute atomic E-state index is 12.7. The molecular formula is C19H16ClF3N6O. The summed E-state index contributed by atoms with van der Waals surface area (Å²) in [7, 11) is 0. The smallest absolute Gasteiger partial charge is 0.353 e. The first-order valence-electron chi connectivity index (χ1n) is 9.07. The van der Waals surface area contributed by atoms with Crippen LogP contribution in [0.4, 0.5) is 19.0 Å². The van der Waals surface area contributed by atoms with Gasteiger partial charge in [0.25, 0.3) is 5.91 Å². The van der Waals surface area contributed by atoms with Crippen molar-refractivity contribution in [3.8, 4) is 5.69 Å². The van der Waals surface area contributed by atoms with Crippen LogP contribution >= 0.6 is 11.6 Å². The Morgan fingerprint density at radius 3 is 2.40 bits per heavy atom. The molecule has 3 aromatic rings. The third-order valence-electron chi connectivity index (χ3n) is 4.78. The second-order valence-corrected chi connectivity index (χ2v) is 7.09. The minimum Gasteiger partial charge on any atom is -0.353 e. The second-order valence-electron chi connectivity index (χ2n) is 6.68. The summed E-state index contributed by atoms with van der Waals surface area (Å²) in [5.74, 6) is 0.174. The number of nitrogens with zero attached hydrogens (tertiary/aromatic N) is 6. The van der Waals surface area contributed by atoms with Gasteiger partial charge < -0.3 is 9.80 Å². The molecule has 3 heterocycles. The Bertz CT molecular complexity index is 1040. The number of alkyl halides is 3. The molecule has 1 aliphatic rings. The van der Waals surface area contributed by atoms with Crippen LogP contribution in [-0.2, 0) is 6.18 Å². The van der Waals surface area contributed by atoms with Crippen LogP contribution in [0.2, 0.25) is 5.02 Å². The van der Waals surface area contributed by atoms with Crippen LogP contribution in [0.3, 0.4) is 0 Å². The molecule has 0 saturated carbocycles. The lowest BCUT2D eigenvalue weighted by Gasteiger charge is -2.35. The molecule has 4 rings (SSSR count). The van der Waals surface area contributed by atoms with Crippen LogP contribution in [-0.4, -0.2) is 57.0 Å². The van der Waals surface area contributed by atoms with E-state index in [1.165, 1.54) is 16.9 Å². The zero-order chi connectivity index (χ0) is 21.3. The van der Waals surface area contributed by atoms with Gasteiger partial charge >= 0.3 is 6.18 Å². The average molecular weight is 437 g/mol. The van der Waals surface area contributed by atoms with Gasteiger partial charge in [0.05, 0.1) is 22.5 Å². The van der Waals surface area contributed by atoms with Gasteiger partial charge in [0.15, 0.2) is 5.69 Å². The molecule has 0 aliphatic carbocycles. The fourth-order valence-corrected chi connectivity index (χ4v) is 3.38. The summed E-state index contributed by atoms with van der Waals surface area (Å²) in [6.07, 6.45) is -2.08. The van der Waals surface area contributed by atoms with Crippen molar-refractivity contribution in [3.63, 3.8) is 0 Å². The lowest BCUT2D eigenvalue weighted by molar-refractivity contribution is -0.137. The number of halogens is 4. The van der Waals surface area contributed by atoms with Crippen molar-refractivity contribution in [1.82, 2.24) is 24.9 Å². The van der Waals surface area contributed by atoms with Gasteiger partial charge in [0.2, 0.25) is 0 Å². The van der Waals surface area contributed by atoms with Gasteiger partial charge in [-0.05, 0) is 24.3 Å². The predicted molar refractivity (Wildman–Crippen MR) is 104 cm³/mol. The van der Waals surface area contributed by atoms with Crippen molar-refractivity contribution in [2.24, 2.45) is 0 Å². The van der Waals surface area contributed by atoms with E-state index in [-0.39, 0.29) is 11.6 Å². The van der Waals surface area contributed by atoms with Gasteiger partial charge in [-0.2, -0.15) is 13.2 Å². The SMILES string of the molecule is O=C(c1cn(-c2ccccc2Cl)nn1)N1CCN(c2ccc(C(F)(F)F)cn2)CC1. The van der Waals surface area contributed by atoms with Crippen LogP contribution in [0.1, 0.15) is 16.1 Å². The number of piperazine rings is 1. The topological polar surface area (TPSA) is 67.2 Å². The van der Waals surface area contributed by atoms with E-state index in [1.54, 1.807) is 29.2 Å². The largest absolute Gasteiger partial charge is 0.417 e. The Balaban J connectivity index is 1.40.